The highest BCUT2D eigenvalue weighted by Gasteiger charge is 2.00. The standard InChI is InChI=1S/C11H23N/c1-5-8-12-9-11(4)7-6-10(2)3/h11-12H,2,5-9H2,1,3-4H3. The summed E-state index contributed by atoms with van der Waals surface area (Å²) in [6, 6.07) is 0. The van der Waals surface area contributed by atoms with E-state index in [0.29, 0.717) is 0 Å². The SMILES string of the molecule is C=C(C)CCC(C)CNCCC. The van der Waals surface area contributed by atoms with Gasteiger partial charge in [0.1, 0.15) is 0 Å². The lowest BCUT2D eigenvalue weighted by atomic mass is 10.0. The van der Waals surface area contributed by atoms with E-state index in [2.05, 4.69) is 32.7 Å². The summed E-state index contributed by atoms with van der Waals surface area (Å²) >= 11 is 0. The molecule has 72 valence electrons. The minimum absolute atomic E-state index is 0.785. The number of nitrogens with one attached hydrogen (secondary N) is 1. The molecule has 0 saturated heterocycles. The fourth-order valence-corrected chi connectivity index (χ4v) is 1.12. The summed E-state index contributed by atoms with van der Waals surface area (Å²) in [5.74, 6) is 0.785. The first-order valence-corrected chi connectivity index (χ1v) is 5.02. The molecular formula is C11H23N. The van der Waals surface area contributed by atoms with Crippen LogP contribution in [0.5, 0.6) is 0 Å². The van der Waals surface area contributed by atoms with Gasteiger partial charge >= 0.3 is 0 Å². The zero-order valence-corrected chi connectivity index (χ0v) is 8.82. The van der Waals surface area contributed by atoms with Gasteiger partial charge in [0.05, 0.1) is 0 Å². The summed E-state index contributed by atoms with van der Waals surface area (Å²) < 4.78 is 0. The third-order valence-electron chi connectivity index (χ3n) is 1.98. The highest BCUT2D eigenvalue weighted by Crippen LogP contribution is 2.08. The molecule has 0 aromatic carbocycles. The summed E-state index contributed by atoms with van der Waals surface area (Å²) in [5.41, 5.74) is 1.30. The van der Waals surface area contributed by atoms with E-state index in [1.54, 1.807) is 0 Å². The Balaban J connectivity index is 3.21. The van der Waals surface area contributed by atoms with E-state index in [1.165, 1.54) is 24.8 Å². The van der Waals surface area contributed by atoms with Crippen molar-refractivity contribution >= 4 is 0 Å². The van der Waals surface area contributed by atoms with Crippen LogP contribution in [0.25, 0.3) is 0 Å². The van der Waals surface area contributed by atoms with Crippen molar-refractivity contribution in [2.45, 2.75) is 40.0 Å². The molecule has 1 unspecified atom stereocenters. The molecule has 12 heavy (non-hydrogen) atoms. The third kappa shape index (κ3) is 7.80. The second kappa shape index (κ2) is 7.35. The number of allylic oxidation sites excluding steroid dienone is 1. The van der Waals surface area contributed by atoms with Gasteiger partial charge in [0, 0.05) is 0 Å². The highest BCUT2D eigenvalue weighted by atomic mass is 14.8. The number of rotatable bonds is 7. The fraction of sp³-hybridized carbons (Fsp3) is 0.818. The average Bonchev–Trinajstić information content (AvgIpc) is 2.01. The summed E-state index contributed by atoms with van der Waals surface area (Å²) in [7, 11) is 0. The Kier molecular flexibility index (Phi) is 7.17. The van der Waals surface area contributed by atoms with Crippen molar-refractivity contribution in [2.75, 3.05) is 13.1 Å². The van der Waals surface area contributed by atoms with Crippen LogP contribution in [0.2, 0.25) is 0 Å². The first-order valence-electron chi connectivity index (χ1n) is 5.02. The van der Waals surface area contributed by atoms with Crippen molar-refractivity contribution < 1.29 is 0 Å². The van der Waals surface area contributed by atoms with Crippen molar-refractivity contribution in [1.29, 1.82) is 0 Å². The Bertz CT molecular complexity index is 118. The van der Waals surface area contributed by atoms with E-state index in [1.807, 2.05) is 0 Å². The van der Waals surface area contributed by atoms with Crippen LogP contribution in [0, 0.1) is 5.92 Å². The van der Waals surface area contributed by atoms with Gasteiger partial charge in [-0.05, 0) is 45.2 Å². The Hall–Kier alpha value is -0.300. The molecule has 0 radical (unpaired) electrons. The molecule has 1 nitrogen and oxygen atoms in total. The molecule has 0 rings (SSSR count). The van der Waals surface area contributed by atoms with Crippen molar-refractivity contribution in [2.24, 2.45) is 5.92 Å². The first kappa shape index (κ1) is 11.7. The van der Waals surface area contributed by atoms with Gasteiger partial charge in [0.2, 0.25) is 0 Å². The van der Waals surface area contributed by atoms with Gasteiger partial charge in [0.15, 0.2) is 0 Å². The molecule has 1 atom stereocenters. The lowest BCUT2D eigenvalue weighted by molar-refractivity contribution is 0.481. The van der Waals surface area contributed by atoms with Gasteiger partial charge in [-0.25, -0.2) is 0 Å². The molecule has 0 fully saturated rings. The largest absolute Gasteiger partial charge is 0.316 e. The minimum atomic E-state index is 0.785. The smallest absolute Gasteiger partial charge is 0.00230 e. The predicted octanol–water partition coefficient (Wildman–Crippen LogP) is 2.98. The number of hydrogen-bond acceptors (Lipinski definition) is 1. The van der Waals surface area contributed by atoms with Gasteiger partial charge < -0.3 is 5.32 Å². The maximum absolute atomic E-state index is 3.90. The van der Waals surface area contributed by atoms with Crippen LogP contribution in [-0.4, -0.2) is 13.1 Å². The quantitative estimate of drug-likeness (QED) is 0.456. The van der Waals surface area contributed by atoms with Gasteiger partial charge in [-0.15, -0.1) is 6.58 Å². The Morgan fingerprint density at radius 3 is 2.67 bits per heavy atom. The molecule has 0 aliphatic rings. The van der Waals surface area contributed by atoms with Crippen molar-refractivity contribution in [3.05, 3.63) is 12.2 Å². The maximum atomic E-state index is 3.90. The molecule has 1 N–H and O–H groups in total. The summed E-state index contributed by atoms with van der Waals surface area (Å²) in [6.45, 7) is 12.8. The first-order chi connectivity index (χ1) is 5.66. The molecule has 0 amide bonds. The van der Waals surface area contributed by atoms with E-state index in [4.69, 9.17) is 0 Å². The molecule has 0 aromatic rings. The topological polar surface area (TPSA) is 12.0 Å². The number of hydrogen-bond donors (Lipinski definition) is 1. The summed E-state index contributed by atoms with van der Waals surface area (Å²) in [4.78, 5) is 0. The Morgan fingerprint density at radius 2 is 2.17 bits per heavy atom. The molecule has 0 heterocycles. The van der Waals surface area contributed by atoms with E-state index < -0.39 is 0 Å². The van der Waals surface area contributed by atoms with Gasteiger partial charge in [-0.2, -0.15) is 0 Å². The lowest BCUT2D eigenvalue weighted by Crippen LogP contribution is -2.21. The van der Waals surface area contributed by atoms with Crippen LogP contribution in [0.1, 0.15) is 40.0 Å². The van der Waals surface area contributed by atoms with E-state index in [9.17, 15) is 0 Å². The molecule has 0 saturated carbocycles. The predicted molar refractivity (Wildman–Crippen MR) is 56.4 cm³/mol. The van der Waals surface area contributed by atoms with E-state index in [0.717, 1.165) is 19.0 Å². The molecular weight excluding hydrogens is 146 g/mol. The van der Waals surface area contributed by atoms with E-state index in [-0.39, 0.29) is 0 Å². The Morgan fingerprint density at radius 1 is 1.50 bits per heavy atom. The highest BCUT2D eigenvalue weighted by molar-refractivity contribution is 4.87. The van der Waals surface area contributed by atoms with Crippen LogP contribution >= 0.6 is 0 Å². The molecule has 0 spiro atoms. The van der Waals surface area contributed by atoms with Crippen LogP contribution in [0.4, 0.5) is 0 Å². The summed E-state index contributed by atoms with van der Waals surface area (Å²) in [5, 5.41) is 3.43. The second-order valence-electron chi connectivity index (χ2n) is 3.81. The van der Waals surface area contributed by atoms with E-state index >= 15 is 0 Å². The van der Waals surface area contributed by atoms with Crippen LogP contribution in [0.15, 0.2) is 12.2 Å². The molecule has 1 heteroatoms. The average molecular weight is 169 g/mol. The van der Waals surface area contributed by atoms with Gasteiger partial charge in [-0.3, -0.25) is 0 Å². The Labute approximate surface area is 77.2 Å². The summed E-state index contributed by atoms with van der Waals surface area (Å²) in [6.07, 6.45) is 3.67. The van der Waals surface area contributed by atoms with Crippen LogP contribution in [-0.2, 0) is 0 Å². The van der Waals surface area contributed by atoms with Gasteiger partial charge in [0.25, 0.3) is 0 Å². The minimum Gasteiger partial charge on any atom is -0.316 e. The van der Waals surface area contributed by atoms with Gasteiger partial charge in [-0.1, -0.05) is 19.4 Å². The van der Waals surface area contributed by atoms with Crippen molar-refractivity contribution in [1.82, 2.24) is 5.32 Å². The molecule has 0 bridgehead atoms. The van der Waals surface area contributed by atoms with Crippen LogP contribution in [0.3, 0.4) is 0 Å². The van der Waals surface area contributed by atoms with Crippen molar-refractivity contribution in [3.63, 3.8) is 0 Å². The lowest BCUT2D eigenvalue weighted by Gasteiger charge is -2.11. The molecule has 0 aromatic heterocycles. The third-order valence-corrected chi connectivity index (χ3v) is 1.98. The zero-order chi connectivity index (χ0) is 9.40. The molecule has 0 aliphatic heterocycles. The maximum Gasteiger partial charge on any atom is -0.00230 e. The zero-order valence-electron chi connectivity index (χ0n) is 8.82. The van der Waals surface area contributed by atoms with Crippen molar-refractivity contribution in [3.8, 4) is 0 Å². The normalized spacial score (nSPS) is 12.9. The monoisotopic (exact) mass is 169 g/mol. The molecule has 0 aliphatic carbocycles. The second-order valence-corrected chi connectivity index (χ2v) is 3.81. The van der Waals surface area contributed by atoms with Crippen LogP contribution < -0.4 is 5.32 Å². The fourth-order valence-electron chi connectivity index (χ4n) is 1.12.